The number of sulfone groups is 1. The molecule has 0 bridgehead atoms. The minimum Gasteiger partial charge on any atom is -0.479 e. The molecule has 0 aromatic heterocycles. The molecule has 2 N–H and O–H groups in total. The molecule has 1 aliphatic heterocycles. The average Bonchev–Trinajstić information content (AvgIpc) is 1.62. The van der Waals surface area contributed by atoms with E-state index in [1.54, 1.807) is 5.32 Å². The van der Waals surface area contributed by atoms with Crippen LogP contribution in [0.5, 0.6) is 0 Å². The van der Waals surface area contributed by atoms with Gasteiger partial charge < -0.3 is 5.32 Å². The highest BCUT2D eigenvalue weighted by Gasteiger charge is 2.33. The van der Waals surface area contributed by atoms with Crippen LogP contribution in [-0.2, 0) is 9.84 Å². The second kappa shape index (κ2) is 2.27. The Balaban J connectivity index is 2.28. The number of hydrogen-bond donors (Lipinski definition) is 1. The molecule has 0 atom stereocenters. The normalized spacial score (nSPS) is 25.4. The second-order valence-corrected chi connectivity index (χ2v) is 4.62. The molecule has 0 radical (unpaired) electrons. The van der Waals surface area contributed by atoms with Crippen LogP contribution < -0.4 is 5.32 Å². The van der Waals surface area contributed by atoms with Gasteiger partial charge in [0.25, 0.3) is 0 Å². The Hall–Kier alpha value is -0.0900. The van der Waals surface area contributed by atoms with E-state index in [-0.39, 0.29) is 0 Å². The molecule has 0 aliphatic carbocycles. The van der Waals surface area contributed by atoms with E-state index >= 15 is 0 Å². The van der Waals surface area contributed by atoms with Crippen molar-refractivity contribution in [2.75, 3.05) is 18.1 Å². The van der Waals surface area contributed by atoms with Gasteiger partial charge in [0.1, 0.15) is 0 Å². The molecule has 4 heteroatoms. The summed E-state index contributed by atoms with van der Waals surface area (Å²) in [6.07, 6.45) is 0. The van der Waals surface area contributed by atoms with Gasteiger partial charge in [0.2, 0.25) is 0 Å². The lowest BCUT2D eigenvalue weighted by atomic mass is 10.2. The first kappa shape index (κ1) is 7.02. The summed E-state index contributed by atoms with van der Waals surface area (Å²) in [6, 6.07) is 0. The van der Waals surface area contributed by atoms with E-state index in [1.165, 1.54) is 0 Å². The van der Waals surface area contributed by atoms with Gasteiger partial charge in [0, 0.05) is 5.92 Å². The van der Waals surface area contributed by atoms with Crippen molar-refractivity contribution >= 4 is 9.84 Å². The van der Waals surface area contributed by atoms with E-state index in [2.05, 4.69) is 7.05 Å². The van der Waals surface area contributed by atoms with Crippen molar-refractivity contribution in [3.05, 3.63) is 7.05 Å². The molecule has 0 aromatic rings. The maximum atomic E-state index is 10.5. The van der Waals surface area contributed by atoms with Gasteiger partial charge in [-0.05, 0) is 0 Å². The SMILES string of the molecule is [CH2-][NH2+]CC1CS(=O)(=O)C1. The minimum absolute atomic E-state index is 0.368. The Morgan fingerprint density at radius 3 is 2.44 bits per heavy atom. The Morgan fingerprint density at radius 1 is 1.56 bits per heavy atom. The monoisotopic (exact) mass is 149 g/mol. The summed E-state index contributed by atoms with van der Waals surface area (Å²) in [7, 11) is 0.935. The molecule has 1 rings (SSSR count). The summed E-state index contributed by atoms with van der Waals surface area (Å²) in [5.41, 5.74) is 0. The van der Waals surface area contributed by atoms with Crippen LogP contribution in [0.25, 0.3) is 0 Å². The zero-order chi connectivity index (χ0) is 6.91. The van der Waals surface area contributed by atoms with Crippen molar-refractivity contribution in [2.45, 2.75) is 0 Å². The molecular formula is C5H11NO2S. The van der Waals surface area contributed by atoms with E-state index in [1.807, 2.05) is 0 Å². The fourth-order valence-corrected chi connectivity index (χ4v) is 2.65. The molecule has 0 saturated carbocycles. The predicted octanol–water partition coefficient (Wildman–Crippen LogP) is -1.61. The molecule has 0 unspecified atom stereocenters. The first-order valence-electron chi connectivity index (χ1n) is 2.95. The van der Waals surface area contributed by atoms with Gasteiger partial charge in [-0.3, -0.25) is 0 Å². The van der Waals surface area contributed by atoms with Crippen LogP contribution >= 0.6 is 0 Å². The Bertz CT molecular complexity index is 173. The van der Waals surface area contributed by atoms with E-state index in [0.717, 1.165) is 6.54 Å². The van der Waals surface area contributed by atoms with Crippen LogP contribution in [0.15, 0.2) is 0 Å². The molecule has 0 spiro atoms. The van der Waals surface area contributed by atoms with Gasteiger partial charge in [-0.1, -0.05) is 0 Å². The standard InChI is InChI=1S/C5H11NO2S/c1-6-2-5-3-9(7,8)4-5/h5H,1-4,6H2. The number of quaternary nitrogens is 1. The molecule has 9 heavy (non-hydrogen) atoms. The molecule has 1 heterocycles. The molecule has 0 amide bonds. The number of rotatable bonds is 2. The molecule has 3 nitrogen and oxygen atoms in total. The summed E-state index contributed by atoms with van der Waals surface area (Å²) >= 11 is 0. The van der Waals surface area contributed by atoms with Gasteiger partial charge in [-0.2, -0.15) is 7.05 Å². The summed E-state index contributed by atoms with van der Waals surface area (Å²) in [6.45, 7) is 0.846. The predicted molar refractivity (Wildman–Crippen MR) is 34.3 cm³/mol. The Morgan fingerprint density at radius 2 is 2.11 bits per heavy atom. The third kappa shape index (κ3) is 1.66. The van der Waals surface area contributed by atoms with Crippen LogP contribution in [0.3, 0.4) is 0 Å². The smallest absolute Gasteiger partial charge is 0.151 e. The zero-order valence-corrected chi connectivity index (χ0v) is 6.02. The molecule has 1 saturated heterocycles. The molecule has 54 valence electrons. The van der Waals surface area contributed by atoms with Crippen LogP contribution in [-0.4, -0.2) is 26.5 Å². The average molecular weight is 149 g/mol. The van der Waals surface area contributed by atoms with Gasteiger partial charge in [0.05, 0.1) is 18.1 Å². The largest absolute Gasteiger partial charge is 0.479 e. The van der Waals surface area contributed by atoms with Gasteiger partial charge in [-0.25, -0.2) is 8.42 Å². The summed E-state index contributed by atoms with van der Waals surface area (Å²) in [5, 5.41) is 1.78. The summed E-state index contributed by atoms with van der Waals surface area (Å²) in [5.74, 6) is 1.12. The first-order valence-corrected chi connectivity index (χ1v) is 4.77. The van der Waals surface area contributed by atoms with E-state index in [0.29, 0.717) is 17.4 Å². The molecule has 0 aromatic carbocycles. The zero-order valence-electron chi connectivity index (χ0n) is 5.21. The lowest BCUT2D eigenvalue weighted by Gasteiger charge is -2.24. The lowest BCUT2D eigenvalue weighted by Crippen LogP contribution is -2.80. The fourth-order valence-electron chi connectivity index (χ4n) is 1.04. The van der Waals surface area contributed by atoms with Crippen LogP contribution in [0.2, 0.25) is 0 Å². The second-order valence-electron chi connectivity index (χ2n) is 2.47. The van der Waals surface area contributed by atoms with E-state index in [9.17, 15) is 8.42 Å². The van der Waals surface area contributed by atoms with Gasteiger partial charge >= 0.3 is 0 Å². The highest BCUT2D eigenvalue weighted by atomic mass is 32.2. The maximum absolute atomic E-state index is 10.5. The number of nitrogens with two attached hydrogens (primary N) is 1. The van der Waals surface area contributed by atoms with E-state index in [4.69, 9.17) is 0 Å². The van der Waals surface area contributed by atoms with Crippen LogP contribution in [0.1, 0.15) is 0 Å². The van der Waals surface area contributed by atoms with E-state index < -0.39 is 9.84 Å². The molecule has 1 fully saturated rings. The molecule has 1 aliphatic rings. The number of hydrogen-bond acceptors (Lipinski definition) is 2. The topological polar surface area (TPSA) is 50.8 Å². The quantitative estimate of drug-likeness (QED) is 0.480. The van der Waals surface area contributed by atoms with Crippen molar-refractivity contribution in [1.29, 1.82) is 0 Å². The summed E-state index contributed by atoms with van der Waals surface area (Å²) in [4.78, 5) is 0. The van der Waals surface area contributed by atoms with Crippen molar-refractivity contribution in [3.8, 4) is 0 Å². The summed E-state index contributed by atoms with van der Waals surface area (Å²) < 4.78 is 21.1. The van der Waals surface area contributed by atoms with Gasteiger partial charge in [0.15, 0.2) is 9.84 Å². The Labute approximate surface area is 55.4 Å². The maximum Gasteiger partial charge on any atom is 0.151 e. The Kier molecular flexibility index (Phi) is 1.77. The van der Waals surface area contributed by atoms with Crippen molar-refractivity contribution in [3.63, 3.8) is 0 Å². The van der Waals surface area contributed by atoms with Crippen molar-refractivity contribution in [2.24, 2.45) is 5.92 Å². The fraction of sp³-hybridized carbons (Fsp3) is 0.800. The van der Waals surface area contributed by atoms with Gasteiger partial charge in [-0.15, -0.1) is 0 Å². The third-order valence-corrected chi connectivity index (χ3v) is 3.44. The van der Waals surface area contributed by atoms with Crippen molar-refractivity contribution < 1.29 is 13.7 Å². The molecular weight excluding hydrogens is 138 g/mol. The third-order valence-electron chi connectivity index (χ3n) is 1.48. The minimum atomic E-state index is -2.60. The highest BCUT2D eigenvalue weighted by molar-refractivity contribution is 7.92. The first-order chi connectivity index (χ1) is 4.14. The van der Waals surface area contributed by atoms with Crippen molar-refractivity contribution in [1.82, 2.24) is 0 Å². The highest BCUT2D eigenvalue weighted by Crippen LogP contribution is 2.15. The van der Waals surface area contributed by atoms with Crippen LogP contribution in [0.4, 0.5) is 0 Å². The van der Waals surface area contributed by atoms with Crippen LogP contribution in [0, 0.1) is 13.0 Å². The lowest BCUT2D eigenvalue weighted by molar-refractivity contribution is -0.601.